The zero-order valence-electron chi connectivity index (χ0n) is 24.9. The molecule has 4 nitrogen and oxygen atoms in total. The molecule has 212 valence electrons. The number of aryl methyl sites for hydroxylation is 1. The molecule has 0 aliphatic heterocycles. The van der Waals surface area contributed by atoms with Gasteiger partial charge in [0.25, 0.3) is 0 Å². The molecule has 0 N–H and O–H groups in total. The monoisotopic (exact) mass is 524 g/mol. The number of para-hydroxylation sites is 1. The average molecular weight is 525 g/mol. The Bertz CT molecular complexity index is 896. The van der Waals surface area contributed by atoms with E-state index in [0.717, 1.165) is 42.6 Å². The highest BCUT2D eigenvalue weighted by atomic mass is 16.7. The zero-order valence-corrected chi connectivity index (χ0v) is 24.9. The second kappa shape index (κ2) is 18.0. The van der Waals surface area contributed by atoms with Crippen molar-refractivity contribution < 1.29 is 18.8 Å². The predicted molar refractivity (Wildman–Crippen MR) is 159 cm³/mol. The molecular formula is C34H54NO3+. The second-order valence-corrected chi connectivity index (χ2v) is 11.5. The number of nitrogens with zero attached hydrogens (tertiary/aromatic N) is 1. The smallest absolute Gasteiger partial charge is 0.317 e. The number of carbonyl (C=O) groups excluding carboxylic acids is 1. The van der Waals surface area contributed by atoms with Gasteiger partial charge in [-0.3, -0.25) is 4.79 Å². The molecule has 2 unspecified atom stereocenters. The maximum Gasteiger partial charge on any atom is 0.317 e. The Morgan fingerprint density at radius 3 is 2.08 bits per heavy atom. The molecule has 0 aromatic heterocycles. The van der Waals surface area contributed by atoms with Crippen LogP contribution in [0, 0.1) is 5.92 Å². The van der Waals surface area contributed by atoms with E-state index in [0.29, 0.717) is 6.42 Å². The zero-order chi connectivity index (χ0) is 27.6. The van der Waals surface area contributed by atoms with E-state index < -0.39 is 6.29 Å². The Kier molecular flexibility index (Phi) is 15.1. The van der Waals surface area contributed by atoms with Crippen LogP contribution in [-0.4, -0.2) is 37.4 Å². The lowest BCUT2D eigenvalue weighted by Gasteiger charge is -2.33. The molecular weight excluding hydrogens is 470 g/mol. The summed E-state index contributed by atoms with van der Waals surface area (Å²) in [6.45, 7) is 8.06. The Balaban J connectivity index is 1.92. The molecule has 2 aromatic carbocycles. The molecule has 2 atom stereocenters. The number of benzene rings is 2. The van der Waals surface area contributed by atoms with Crippen LogP contribution in [0.4, 0.5) is 0 Å². The van der Waals surface area contributed by atoms with Gasteiger partial charge in [-0.25, -0.2) is 0 Å². The number of ether oxygens (including phenoxy) is 2. The maximum absolute atomic E-state index is 13.3. The van der Waals surface area contributed by atoms with Crippen LogP contribution in [0.1, 0.15) is 103 Å². The highest BCUT2D eigenvalue weighted by molar-refractivity contribution is 5.72. The van der Waals surface area contributed by atoms with Crippen LogP contribution in [0.15, 0.2) is 54.6 Å². The van der Waals surface area contributed by atoms with Crippen LogP contribution in [0.2, 0.25) is 0 Å². The molecule has 0 radical (unpaired) electrons. The molecule has 2 aromatic rings. The molecule has 0 saturated heterocycles. The van der Waals surface area contributed by atoms with Gasteiger partial charge in [0.2, 0.25) is 6.29 Å². The van der Waals surface area contributed by atoms with Crippen LogP contribution in [0.5, 0.6) is 5.75 Å². The predicted octanol–water partition coefficient (Wildman–Crippen LogP) is 8.72. The fourth-order valence-corrected chi connectivity index (χ4v) is 5.13. The van der Waals surface area contributed by atoms with Crippen LogP contribution in [0.3, 0.4) is 0 Å². The van der Waals surface area contributed by atoms with Gasteiger partial charge in [-0.15, -0.1) is 0 Å². The third-order valence-electron chi connectivity index (χ3n) is 7.30. The minimum absolute atomic E-state index is 0.147. The lowest BCUT2D eigenvalue weighted by Crippen LogP contribution is -2.45. The van der Waals surface area contributed by atoms with Gasteiger partial charge in [-0.05, 0) is 37.3 Å². The number of hydrogen-bond acceptors (Lipinski definition) is 3. The van der Waals surface area contributed by atoms with Gasteiger partial charge in [-0.1, -0.05) is 114 Å². The first-order valence-electron chi connectivity index (χ1n) is 15.2. The van der Waals surface area contributed by atoms with Crippen LogP contribution in [-0.2, 0) is 22.5 Å². The summed E-state index contributed by atoms with van der Waals surface area (Å²) in [4.78, 5) is 13.3. The first-order chi connectivity index (χ1) is 18.4. The Labute approximate surface area is 233 Å². The number of esters is 1. The summed E-state index contributed by atoms with van der Waals surface area (Å²) in [6, 6.07) is 18.7. The third kappa shape index (κ3) is 12.5. The van der Waals surface area contributed by atoms with Crippen molar-refractivity contribution in [3.63, 3.8) is 0 Å². The summed E-state index contributed by atoms with van der Waals surface area (Å²) < 4.78 is 13.1. The first-order valence-corrected chi connectivity index (χ1v) is 15.2. The highest BCUT2D eigenvalue weighted by Gasteiger charge is 2.30. The molecule has 2 rings (SSSR count). The van der Waals surface area contributed by atoms with Crippen molar-refractivity contribution in [3.05, 3.63) is 65.7 Å². The molecule has 0 spiro atoms. The molecule has 4 heteroatoms. The molecule has 0 bridgehead atoms. The largest absolute Gasteiger partial charge is 0.455 e. The summed E-state index contributed by atoms with van der Waals surface area (Å²) in [7, 11) is 4.37. The highest BCUT2D eigenvalue weighted by Crippen LogP contribution is 2.25. The van der Waals surface area contributed by atoms with Crippen LogP contribution < -0.4 is 4.74 Å². The summed E-state index contributed by atoms with van der Waals surface area (Å²) in [5.41, 5.74) is 2.49. The molecule has 0 saturated carbocycles. The van der Waals surface area contributed by atoms with E-state index in [4.69, 9.17) is 9.47 Å². The lowest BCUT2D eigenvalue weighted by atomic mass is 10.0. The summed E-state index contributed by atoms with van der Waals surface area (Å²) >= 11 is 0. The molecule has 0 fully saturated rings. The standard InChI is InChI=1S/C34H54NO3/c1-6-9-10-11-12-13-14-18-24-31-25-19-20-26-32(31)37-33(21-7-2)38-34(36)30(8-3)28-35(4,5)27-29-22-16-15-17-23-29/h15-17,19-20,22-23,25-26,30,33H,6-14,18,21,24,27-28H2,1-5H3/q+1. The van der Waals surface area contributed by atoms with E-state index >= 15 is 0 Å². The summed E-state index contributed by atoms with van der Waals surface area (Å²) in [6.07, 6.45) is 13.2. The first kappa shape index (κ1) is 31.9. The van der Waals surface area contributed by atoms with Gasteiger partial charge in [0.15, 0.2) is 0 Å². The topological polar surface area (TPSA) is 35.5 Å². The maximum atomic E-state index is 13.3. The minimum Gasteiger partial charge on any atom is -0.455 e. The fraction of sp³-hybridized carbons (Fsp3) is 0.618. The summed E-state index contributed by atoms with van der Waals surface area (Å²) in [5, 5.41) is 0. The van der Waals surface area contributed by atoms with Crippen molar-refractivity contribution in [3.8, 4) is 5.75 Å². The van der Waals surface area contributed by atoms with E-state index in [1.807, 2.05) is 18.2 Å². The van der Waals surface area contributed by atoms with Crippen molar-refractivity contribution in [1.29, 1.82) is 0 Å². The molecule has 0 heterocycles. The van der Waals surface area contributed by atoms with Crippen LogP contribution >= 0.6 is 0 Å². The van der Waals surface area contributed by atoms with Gasteiger partial charge in [0.05, 0.1) is 20.6 Å². The quantitative estimate of drug-likeness (QED) is 0.0752. The number of unbranched alkanes of at least 4 members (excludes halogenated alkanes) is 7. The van der Waals surface area contributed by atoms with Gasteiger partial charge < -0.3 is 14.0 Å². The number of carbonyl (C=O) groups is 1. The second-order valence-electron chi connectivity index (χ2n) is 11.5. The fourth-order valence-electron chi connectivity index (χ4n) is 5.13. The Hall–Kier alpha value is -2.33. The third-order valence-corrected chi connectivity index (χ3v) is 7.30. The van der Waals surface area contributed by atoms with Crippen molar-refractivity contribution in [1.82, 2.24) is 0 Å². The van der Waals surface area contributed by atoms with E-state index in [1.54, 1.807) is 0 Å². The number of rotatable bonds is 20. The Morgan fingerprint density at radius 2 is 1.42 bits per heavy atom. The summed E-state index contributed by atoms with van der Waals surface area (Å²) in [5.74, 6) is 0.546. The van der Waals surface area contributed by atoms with Gasteiger partial charge >= 0.3 is 5.97 Å². The van der Waals surface area contributed by atoms with Crippen molar-refractivity contribution in [2.24, 2.45) is 5.92 Å². The Morgan fingerprint density at radius 1 is 0.789 bits per heavy atom. The van der Waals surface area contributed by atoms with Gasteiger partial charge in [-0.2, -0.15) is 0 Å². The van der Waals surface area contributed by atoms with E-state index in [9.17, 15) is 4.79 Å². The molecule has 0 aliphatic rings. The van der Waals surface area contributed by atoms with Crippen molar-refractivity contribution in [2.75, 3.05) is 20.6 Å². The van der Waals surface area contributed by atoms with Crippen molar-refractivity contribution >= 4 is 5.97 Å². The van der Waals surface area contributed by atoms with Crippen LogP contribution in [0.25, 0.3) is 0 Å². The molecule has 0 amide bonds. The SMILES string of the molecule is CCCCCCCCCCc1ccccc1OC(CCC)OC(=O)C(CC)C[N+](C)(C)Cc1ccccc1. The average Bonchev–Trinajstić information content (AvgIpc) is 2.90. The van der Waals surface area contributed by atoms with E-state index in [1.165, 1.54) is 62.5 Å². The normalized spacial score (nSPS) is 13.2. The van der Waals surface area contributed by atoms with Gasteiger partial charge in [0, 0.05) is 12.0 Å². The minimum atomic E-state index is -0.550. The van der Waals surface area contributed by atoms with E-state index in [2.05, 4.69) is 71.3 Å². The van der Waals surface area contributed by atoms with Gasteiger partial charge in [0.1, 0.15) is 18.2 Å². The van der Waals surface area contributed by atoms with Crippen molar-refractivity contribution in [2.45, 2.75) is 111 Å². The molecule has 0 aliphatic carbocycles. The molecule has 38 heavy (non-hydrogen) atoms. The number of hydrogen-bond donors (Lipinski definition) is 0. The number of quaternary nitrogens is 1. The van der Waals surface area contributed by atoms with E-state index in [-0.39, 0.29) is 11.9 Å². The lowest BCUT2D eigenvalue weighted by molar-refractivity contribution is -0.906.